The van der Waals surface area contributed by atoms with Gasteiger partial charge in [-0.25, -0.2) is 0 Å². The van der Waals surface area contributed by atoms with Crippen LogP contribution >= 0.6 is 0 Å². The van der Waals surface area contributed by atoms with Crippen LogP contribution in [0.5, 0.6) is 0 Å². The standard InChI is InChI=1S/C17H28N2/c1-10-6-13(17(3,4)5)7-11(2)15(10)16(19)12-8-14(18)9-12/h6-7,12,14,16H,8-9,18-19H2,1-5H3. The van der Waals surface area contributed by atoms with Crippen LogP contribution in [0.1, 0.15) is 61.9 Å². The van der Waals surface area contributed by atoms with Gasteiger partial charge < -0.3 is 11.5 Å². The fourth-order valence-corrected chi connectivity index (χ4v) is 3.17. The molecule has 0 spiro atoms. The van der Waals surface area contributed by atoms with E-state index in [0.717, 1.165) is 12.8 Å². The maximum Gasteiger partial charge on any atom is 0.0329 e. The summed E-state index contributed by atoms with van der Waals surface area (Å²) in [6, 6.07) is 5.13. The van der Waals surface area contributed by atoms with Crippen molar-refractivity contribution in [3.05, 3.63) is 34.4 Å². The topological polar surface area (TPSA) is 52.0 Å². The molecule has 0 aliphatic heterocycles. The highest BCUT2D eigenvalue weighted by atomic mass is 14.7. The van der Waals surface area contributed by atoms with Crippen molar-refractivity contribution in [3.63, 3.8) is 0 Å². The fraction of sp³-hybridized carbons (Fsp3) is 0.647. The number of nitrogens with two attached hydrogens (primary N) is 2. The third-order valence-electron chi connectivity index (χ3n) is 4.51. The second-order valence-corrected chi connectivity index (χ2v) is 7.29. The molecular formula is C17H28N2. The SMILES string of the molecule is Cc1cc(C(C)(C)C)cc(C)c1C(N)C1CC(N)C1. The van der Waals surface area contributed by atoms with E-state index in [1.54, 1.807) is 0 Å². The maximum atomic E-state index is 6.47. The Balaban J connectivity index is 2.32. The molecule has 0 amide bonds. The van der Waals surface area contributed by atoms with Gasteiger partial charge in [0.25, 0.3) is 0 Å². The zero-order valence-electron chi connectivity index (χ0n) is 13.0. The van der Waals surface area contributed by atoms with Gasteiger partial charge in [-0.3, -0.25) is 0 Å². The van der Waals surface area contributed by atoms with Crippen LogP contribution in [0.2, 0.25) is 0 Å². The summed E-state index contributed by atoms with van der Waals surface area (Å²) < 4.78 is 0. The van der Waals surface area contributed by atoms with Crippen molar-refractivity contribution in [1.29, 1.82) is 0 Å². The summed E-state index contributed by atoms with van der Waals surface area (Å²) in [6.45, 7) is 11.1. The highest BCUT2D eigenvalue weighted by molar-refractivity contribution is 5.42. The van der Waals surface area contributed by atoms with Gasteiger partial charge in [0.05, 0.1) is 0 Å². The van der Waals surface area contributed by atoms with Gasteiger partial charge in [0.15, 0.2) is 0 Å². The summed E-state index contributed by atoms with van der Waals surface area (Å²) in [4.78, 5) is 0. The van der Waals surface area contributed by atoms with E-state index >= 15 is 0 Å². The molecule has 19 heavy (non-hydrogen) atoms. The molecule has 1 aromatic carbocycles. The monoisotopic (exact) mass is 260 g/mol. The smallest absolute Gasteiger partial charge is 0.0329 e. The van der Waals surface area contributed by atoms with Gasteiger partial charge in [0.2, 0.25) is 0 Å². The Labute approximate surface area is 117 Å². The van der Waals surface area contributed by atoms with Crippen LogP contribution in [0.25, 0.3) is 0 Å². The third kappa shape index (κ3) is 2.85. The predicted octanol–water partition coefficient (Wildman–Crippen LogP) is 3.34. The van der Waals surface area contributed by atoms with Crippen LogP contribution in [-0.4, -0.2) is 6.04 Å². The zero-order valence-corrected chi connectivity index (χ0v) is 13.0. The van der Waals surface area contributed by atoms with E-state index < -0.39 is 0 Å². The molecule has 1 saturated carbocycles. The maximum absolute atomic E-state index is 6.47. The fourth-order valence-electron chi connectivity index (χ4n) is 3.17. The highest BCUT2D eigenvalue weighted by Crippen LogP contribution is 2.39. The molecule has 1 atom stereocenters. The van der Waals surface area contributed by atoms with Crippen molar-refractivity contribution < 1.29 is 0 Å². The molecule has 4 N–H and O–H groups in total. The van der Waals surface area contributed by atoms with Crippen molar-refractivity contribution in [2.24, 2.45) is 17.4 Å². The summed E-state index contributed by atoms with van der Waals surface area (Å²) in [5, 5.41) is 0. The van der Waals surface area contributed by atoms with E-state index in [1.807, 2.05) is 0 Å². The van der Waals surface area contributed by atoms with Crippen molar-refractivity contribution >= 4 is 0 Å². The Morgan fingerprint density at radius 1 is 1.11 bits per heavy atom. The first-order valence-corrected chi connectivity index (χ1v) is 7.33. The first-order valence-electron chi connectivity index (χ1n) is 7.33. The van der Waals surface area contributed by atoms with Crippen molar-refractivity contribution in [3.8, 4) is 0 Å². The number of benzene rings is 1. The van der Waals surface area contributed by atoms with E-state index in [-0.39, 0.29) is 11.5 Å². The Kier molecular flexibility index (Phi) is 3.76. The van der Waals surface area contributed by atoms with Gasteiger partial charge in [-0.2, -0.15) is 0 Å². The molecule has 2 heteroatoms. The summed E-state index contributed by atoms with van der Waals surface area (Å²) in [5.74, 6) is 0.563. The molecule has 0 aromatic heterocycles. The Hall–Kier alpha value is -0.860. The predicted molar refractivity (Wildman–Crippen MR) is 82.2 cm³/mol. The van der Waals surface area contributed by atoms with E-state index in [9.17, 15) is 0 Å². The normalized spacial score (nSPS) is 25.0. The molecule has 0 heterocycles. The minimum absolute atomic E-state index is 0.147. The van der Waals surface area contributed by atoms with Crippen LogP contribution in [0.15, 0.2) is 12.1 Å². The van der Waals surface area contributed by atoms with Crippen LogP contribution in [0, 0.1) is 19.8 Å². The number of aryl methyl sites for hydroxylation is 2. The molecule has 0 bridgehead atoms. The van der Waals surface area contributed by atoms with Crippen molar-refractivity contribution in [1.82, 2.24) is 0 Å². The first kappa shape index (κ1) is 14.5. The summed E-state index contributed by atoms with van der Waals surface area (Å²) in [6.07, 6.45) is 2.14. The molecule has 106 valence electrons. The molecule has 0 radical (unpaired) electrons. The van der Waals surface area contributed by atoms with Crippen LogP contribution in [0.4, 0.5) is 0 Å². The van der Waals surface area contributed by atoms with Gasteiger partial charge in [-0.1, -0.05) is 32.9 Å². The minimum Gasteiger partial charge on any atom is -0.328 e. The molecule has 2 nitrogen and oxygen atoms in total. The molecule has 1 aliphatic carbocycles. The molecule has 2 rings (SSSR count). The lowest BCUT2D eigenvalue weighted by Gasteiger charge is -2.38. The third-order valence-corrected chi connectivity index (χ3v) is 4.51. The minimum atomic E-state index is 0.147. The lowest BCUT2D eigenvalue weighted by Crippen LogP contribution is -2.42. The molecule has 1 fully saturated rings. The van der Waals surface area contributed by atoms with Crippen molar-refractivity contribution in [2.75, 3.05) is 0 Å². The van der Waals surface area contributed by atoms with E-state index in [4.69, 9.17) is 11.5 Å². The molecule has 0 saturated heterocycles. The van der Waals surface area contributed by atoms with Gasteiger partial charge >= 0.3 is 0 Å². The summed E-state index contributed by atoms with van der Waals surface area (Å²) in [7, 11) is 0. The Bertz CT molecular complexity index is 442. The average molecular weight is 260 g/mol. The van der Waals surface area contributed by atoms with E-state index in [2.05, 4.69) is 46.8 Å². The van der Waals surface area contributed by atoms with E-state index in [1.165, 1.54) is 22.3 Å². The van der Waals surface area contributed by atoms with Crippen LogP contribution in [-0.2, 0) is 5.41 Å². The largest absolute Gasteiger partial charge is 0.328 e. The lowest BCUT2D eigenvalue weighted by atomic mass is 9.72. The Morgan fingerprint density at radius 2 is 1.58 bits per heavy atom. The second kappa shape index (κ2) is 4.92. The van der Waals surface area contributed by atoms with Crippen LogP contribution in [0.3, 0.4) is 0 Å². The van der Waals surface area contributed by atoms with Gasteiger partial charge in [-0.15, -0.1) is 0 Å². The zero-order chi connectivity index (χ0) is 14.4. The van der Waals surface area contributed by atoms with Gasteiger partial charge in [-0.05, 0) is 60.3 Å². The van der Waals surface area contributed by atoms with Gasteiger partial charge in [0.1, 0.15) is 0 Å². The van der Waals surface area contributed by atoms with E-state index in [0.29, 0.717) is 12.0 Å². The van der Waals surface area contributed by atoms with Gasteiger partial charge in [0, 0.05) is 12.1 Å². The number of hydrogen-bond donors (Lipinski definition) is 2. The number of hydrogen-bond acceptors (Lipinski definition) is 2. The Morgan fingerprint density at radius 3 is 1.95 bits per heavy atom. The molecule has 1 unspecified atom stereocenters. The van der Waals surface area contributed by atoms with Crippen LogP contribution < -0.4 is 11.5 Å². The quantitative estimate of drug-likeness (QED) is 0.857. The lowest BCUT2D eigenvalue weighted by molar-refractivity contribution is 0.223. The molecule has 1 aromatic rings. The first-order chi connectivity index (χ1) is 8.70. The summed E-state index contributed by atoms with van der Waals surface area (Å²) >= 11 is 0. The molecule has 1 aliphatic rings. The molecular weight excluding hydrogens is 232 g/mol. The second-order valence-electron chi connectivity index (χ2n) is 7.29. The highest BCUT2D eigenvalue weighted by Gasteiger charge is 2.33. The number of rotatable bonds is 2. The van der Waals surface area contributed by atoms with Crippen molar-refractivity contribution in [2.45, 2.75) is 65.0 Å². The average Bonchev–Trinajstić information content (AvgIpc) is 2.22. The summed E-state index contributed by atoms with van der Waals surface area (Å²) in [5.41, 5.74) is 17.9.